The number of carbonyl (C=O) groups excluding carboxylic acids is 1. The lowest BCUT2D eigenvalue weighted by Gasteiger charge is -2.16. The number of benzene rings is 2. The lowest BCUT2D eigenvalue weighted by molar-refractivity contribution is -0.142. The van der Waals surface area contributed by atoms with Crippen LogP contribution in [-0.4, -0.2) is 40.7 Å². The van der Waals surface area contributed by atoms with E-state index < -0.39 is 11.9 Å². The van der Waals surface area contributed by atoms with Gasteiger partial charge in [0.05, 0.1) is 11.7 Å². The van der Waals surface area contributed by atoms with E-state index in [0.29, 0.717) is 18.0 Å². The van der Waals surface area contributed by atoms with E-state index in [0.717, 1.165) is 10.5 Å². The van der Waals surface area contributed by atoms with E-state index >= 15 is 0 Å². The minimum atomic E-state index is -0.830. The van der Waals surface area contributed by atoms with E-state index in [1.165, 1.54) is 11.8 Å². The van der Waals surface area contributed by atoms with Crippen LogP contribution in [0.5, 0.6) is 0 Å². The number of rotatable bonds is 6. The van der Waals surface area contributed by atoms with Gasteiger partial charge in [-0.1, -0.05) is 48.0 Å². The number of nitrogens with zero attached hydrogens (tertiary/aromatic N) is 1. The van der Waals surface area contributed by atoms with Crippen LogP contribution in [0.3, 0.4) is 0 Å². The average Bonchev–Trinajstić information content (AvgIpc) is 3.05. The van der Waals surface area contributed by atoms with Gasteiger partial charge in [-0.15, -0.1) is 11.8 Å². The molecule has 0 unspecified atom stereocenters. The zero-order valence-corrected chi connectivity index (χ0v) is 15.7. The normalized spacial score (nSPS) is 19.5. The molecule has 1 aliphatic rings. The Morgan fingerprint density at radius 2 is 1.88 bits per heavy atom. The quantitative estimate of drug-likeness (QED) is 0.763. The van der Waals surface area contributed by atoms with E-state index in [4.69, 9.17) is 11.6 Å². The van der Waals surface area contributed by atoms with Crippen molar-refractivity contribution in [1.82, 2.24) is 4.90 Å². The van der Waals surface area contributed by atoms with Gasteiger partial charge >= 0.3 is 5.97 Å². The van der Waals surface area contributed by atoms with Crippen LogP contribution in [-0.2, 0) is 16.0 Å². The van der Waals surface area contributed by atoms with Crippen LogP contribution in [0.4, 0.5) is 0 Å². The summed E-state index contributed by atoms with van der Waals surface area (Å²) in [5, 5.41) is 10.2. The zero-order valence-electron chi connectivity index (χ0n) is 14.2. The van der Waals surface area contributed by atoms with Gasteiger partial charge in [-0.25, -0.2) is 0 Å². The summed E-state index contributed by atoms with van der Waals surface area (Å²) in [6.07, 6.45) is 0.670. The number of aliphatic carboxylic acids is 1. The van der Waals surface area contributed by atoms with Gasteiger partial charge in [0.2, 0.25) is 5.91 Å². The van der Waals surface area contributed by atoms with Crippen molar-refractivity contribution in [3.05, 3.63) is 65.2 Å². The van der Waals surface area contributed by atoms with Gasteiger partial charge in [0.15, 0.2) is 0 Å². The van der Waals surface area contributed by atoms with Gasteiger partial charge in [0.1, 0.15) is 0 Å². The van der Waals surface area contributed by atoms with E-state index in [9.17, 15) is 14.7 Å². The Bertz CT molecular complexity index is 784. The van der Waals surface area contributed by atoms with Gasteiger partial charge in [-0.2, -0.15) is 0 Å². The van der Waals surface area contributed by atoms with Crippen LogP contribution >= 0.6 is 23.4 Å². The molecule has 3 rings (SSSR count). The lowest BCUT2D eigenvalue weighted by atomic mass is 9.90. The fourth-order valence-electron chi connectivity index (χ4n) is 3.27. The van der Waals surface area contributed by atoms with Crippen molar-refractivity contribution < 1.29 is 14.7 Å². The molecule has 2 aromatic carbocycles. The highest BCUT2D eigenvalue weighted by molar-refractivity contribution is 8.00. The van der Waals surface area contributed by atoms with Crippen LogP contribution in [0.25, 0.3) is 0 Å². The van der Waals surface area contributed by atoms with Gasteiger partial charge in [0, 0.05) is 23.0 Å². The first kappa shape index (κ1) is 18.8. The maximum atomic E-state index is 12.5. The van der Waals surface area contributed by atoms with Gasteiger partial charge < -0.3 is 10.0 Å². The predicted molar refractivity (Wildman–Crippen MR) is 104 cm³/mol. The molecule has 1 amide bonds. The summed E-state index contributed by atoms with van der Waals surface area (Å²) in [4.78, 5) is 26.8. The summed E-state index contributed by atoms with van der Waals surface area (Å²) in [6, 6.07) is 17.2. The first-order chi connectivity index (χ1) is 12.5. The topological polar surface area (TPSA) is 57.6 Å². The minimum absolute atomic E-state index is 0.0308. The number of likely N-dealkylation sites (tertiary alicyclic amines) is 1. The molecule has 6 heteroatoms. The van der Waals surface area contributed by atoms with Crippen molar-refractivity contribution in [3.8, 4) is 0 Å². The fourth-order valence-corrected chi connectivity index (χ4v) is 4.38. The van der Waals surface area contributed by atoms with Gasteiger partial charge in [-0.3, -0.25) is 9.59 Å². The molecule has 0 radical (unpaired) electrons. The molecular weight excluding hydrogens is 370 g/mol. The average molecular weight is 390 g/mol. The third-order valence-corrected chi connectivity index (χ3v) is 5.82. The summed E-state index contributed by atoms with van der Waals surface area (Å²) < 4.78 is 0. The van der Waals surface area contributed by atoms with Crippen molar-refractivity contribution in [2.75, 3.05) is 18.8 Å². The van der Waals surface area contributed by atoms with Crippen LogP contribution in [0.1, 0.15) is 5.56 Å². The maximum absolute atomic E-state index is 12.5. The monoisotopic (exact) mass is 389 g/mol. The number of amides is 1. The van der Waals surface area contributed by atoms with Crippen molar-refractivity contribution in [3.63, 3.8) is 0 Å². The molecule has 0 spiro atoms. The molecule has 1 N–H and O–H groups in total. The molecule has 136 valence electrons. The summed E-state index contributed by atoms with van der Waals surface area (Å²) in [6.45, 7) is 0.766. The summed E-state index contributed by atoms with van der Waals surface area (Å²) >= 11 is 7.38. The molecule has 26 heavy (non-hydrogen) atoms. The van der Waals surface area contributed by atoms with Gasteiger partial charge in [0.25, 0.3) is 0 Å². The third-order valence-electron chi connectivity index (χ3n) is 4.61. The zero-order chi connectivity index (χ0) is 18.5. The molecule has 0 saturated carbocycles. The number of halogens is 1. The largest absolute Gasteiger partial charge is 0.481 e. The van der Waals surface area contributed by atoms with Crippen LogP contribution in [0.2, 0.25) is 5.02 Å². The molecule has 1 fully saturated rings. The van der Waals surface area contributed by atoms with E-state index in [2.05, 4.69) is 0 Å². The number of thioether (sulfide) groups is 1. The second-order valence-electron chi connectivity index (χ2n) is 6.44. The Kier molecular flexibility index (Phi) is 6.22. The molecule has 0 aromatic heterocycles. The van der Waals surface area contributed by atoms with E-state index in [1.54, 1.807) is 11.0 Å². The summed E-state index contributed by atoms with van der Waals surface area (Å²) in [5.74, 6) is -1.16. The van der Waals surface area contributed by atoms with Crippen molar-refractivity contribution in [1.29, 1.82) is 0 Å². The molecule has 1 aliphatic heterocycles. The Morgan fingerprint density at radius 3 is 2.58 bits per heavy atom. The molecule has 0 bridgehead atoms. The van der Waals surface area contributed by atoms with Crippen molar-refractivity contribution >= 4 is 35.2 Å². The summed E-state index contributed by atoms with van der Waals surface area (Å²) in [7, 11) is 0. The smallest absolute Gasteiger partial charge is 0.308 e. The number of carbonyl (C=O) groups is 2. The maximum Gasteiger partial charge on any atom is 0.308 e. The Hall–Kier alpha value is -1.98. The first-order valence-corrected chi connectivity index (χ1v) is 9.82. The second kappa shape index (κ2) is 8.60. The van der Waals surface area contributed by atoms with Crippen molar-refractivity contribution in [2.24, 2.45) is 11.8 Å². The molecule has 1 saturated heterocycles. The number of hydrogen-bond acceptors (Lipinski definition) is 3. The second-order valence-corrected chi connectivity index (χ2v) is 7.92. The highest BCUT2D eigenvalue weighted by atomic mass is 35.5. The molecule has 0 aliphatic carbocycles. The first-order valence-electron chi connectivity index (χ1n) is 8.46. The molecule has 4 nitrogen and oxygen atoms in total. The Morgan fingerprint density at radius 1 is 1.12 bits per heavy atom. The van der Waals surface area contributed by atoms with Crippen LogP contribution in [0.15, 0.2) is 59.5 Å². The predicted octanol–water partition coefficient (Wildman–Crippen LogP) is 3.83. The Labute approximate surface area is 162 Å². The van der Waals surface area contributed by atoms with E-state index in [-0.39, 0.29) is 24.1 Å². The lowest BCUT2D eigenvalue weighted by Crippen LogP contribution is -2.31. The van der Waals surface area contributed by atoms with Gasteiger partial charge in [-0.05, 0) is 36.1 Å². The fraction of sp³-hybridized carbons (Fsp3) is 0.300. The molecule has 1 heterocycles. The highest BCUT2D eigenvalue weighted by Gasteiger charge is 2.39. The Balaban J connectivity index is 1.61. The van der Waals surface area contributed by atoms with Crippen LogP contribution < -0.4 is 0 Å². The molecule has 2 aromatic rings. The highest BCUT2D eigenvalue weighted by Crippen LogP contribution is 2.29. The summed E-state index contributed by atoms with van der Waals surface area (Å²) in [5.41, 5.74) is 1.10. The molecular formula is C20H20ClNO3S. The van der Waals surface area contributed by atoms with E-state index in [1.807, 2.05) is 48.5 Å². The van der Waals surface area contributed by atoms with Crippen LogP contribution in [0, 0.1) is 11.8 Å². The molecule has 2 atom stereocenters. The number of carboxylic acid groups (broad SMARTS) is 1. The minimum Gasteiger partial charge on any atom is -0.481 e. The SMILES string of the molecule is O=C(O)[C@@H]1CN(C(=O)CSc2cccc(Cl)c2)C[C@H]1Cc1ccccc1. The van der Waals surface area contributed by atoms with Crippen molar-refractivity contribution in [2.45, 2.75) is 11.3 Å². The standard InChI is InChI=1S/C20H20ClNO3S/c21-16-7-4-8-17(10-16)26-13-19(23)22-11-15(18(12-22)20(24)25)9-14-5-2-1-3-6-14/h1-8,10,15,18H,9,11-13H2,(H,24,25)/t15-,18-/m1/s1. The number of carboxylic acids is 1. The number of hydrogen-bond donors (Lipinski definition) is 1. The third kappa shape index (κ3) is 4.80.